The fourth-order valence-electron chi connectivity index (χ4n) is 2.05. The number of rotatable bonds is 2. The van der Waals surface area contributed by atoms with Gasteiger partial charge in [0.2, 0.25) is 5.91 Å². The Bertz CT molecular complexity index is 253. The highest BCUT2D eigenvalue weighted by Crippen LogP contribution is 2.37. The first kappa shape index (κ1) is 10.4. The third kappa shape index (κ3) is 2.11. The predicted octanol–water partition coefficient (Wildman–Crippen LogP) is 1.45. The van der Waals surface area contributed by atoms with Gasteiger partial charge in [-0.1, -0.05) is 6.58 Å². The molecule has 2 aliphatic rings. The van der Waals surface area contributed by atoms with Crippen molar-refractivity contribution >= 4 is 28.8 Å². The lowest BCUT2D eigenvalue weighted by atomic mass is 10.1. The quantitative estimate of drug-likeness (QED) is 0.438. The minimum atomic E-state index is 0.103. The Morgan fingerprint density at radius 3 is 2.71 bits per heavy atom. The number of carbonyl (C=O) groups is 1. The van der Waals surface area contributed by atoms with Crippen LogP contribution >= 0.6 is 22.9 Å². The molecule has 0 bridgehead atoms. The first-order valence-electron chi connectivity index (χ1n) is 5.06. The van der Waals surface area contributed by atoms with Crippen LogP contribution < -0.4 is 0 Å². The molecule has 1 heterocycles. The van der Waals surface area contributed by atoms with Gasteiger partial charge >= 0.3 is 0 Å². The van der Waals surface area contributed by atoms with E-state index in [4.69, 9.17) is 0 Å². The monoisotopic (exact) mass is 306 g/mol. The summed E-state index contributed by atoms with van der Waals surface area (Å²) in [5.74, 6) is 0.850. The average Bonchev–Trinajstić information content (AvgIpc) is 3.00. The second-order valence-electron chi connectivity index (χ2n) is 4.01. The molecule has 0 radical (unpaired) electrons. The van der Waals surface area contributed by atoms with Gasteiger partial charge in [0, 0.05) is 48.5 Å². The number of hydrogen-bond acceptors (Lipinski definition) is 2. The van der Waals surface area contributed by atoms with Crippen molar-refractivity contribution in [3.63, 3.8) is 0 Å². The summed E-state index contributed by atoms with van der Waals surface area (Å²) in [4.78, 5) is 13.6. The van der Waals surface area contributed by atoms with Crippen LogP contribution in [-0.2, 0) is 4.79 Å². The van der Waals surface area contributed by atoms with E-state index in [-0.39, 0.29) is 5.91 Å². The lowest BCUT2D eigenvalue weighted by molar-refractivity contribution is -0.130. The molecule has 0 aromatic rings. The third-order valence-corrected chi connectivity index (χ3v) is 3.87. The van der Waals surface area contributed by atoms with E-state index in [2.05, 4.69) is 32.6 Å². The van der Waals surface area contributed by atoms with E-state index in [1.807, 2.05) is 4.90 Å². The van der Waals surface area contributed by atoms with Crippen LogP contribution in [0.15, 0.2) is 12.7 Å². The maximum atomic E-state index is 11.6. The molecule has 3 nitrogen and oxygen atoms in total. The Hall–Kier alpha value is -0.100. The van der Waals surface area contributed by atoms with Crippen molar-refractivity contribution < 1.29 is 4.79 Å². The molecule has 0 spiro atoms. The molecule has 4 heteroatoms. The van der Waals surface area contributed by atoms with E-state index >= 15 is 0 Å². The molecule has 0 aromatic heterocycles. The van der Waals surface area contributed by atoms with Crippen LogP contribution in [0.2, 0.25) is 0 Å². The van der Waals surface area contributed by atoms with Gasteiger partial charge in [-0.2, -0.15) is 0 Å². The topological polar surface area (TPSA) is 23.6 Å². The lowest BCUT2D eigenvalue weighted by Crippen LogP contribution is -2.53. The first-order chi connectivity index (χ1) is 6.72. The van der Waals surface area contributed by atoms with Crippen molar-refractivity contribution in [1.82, 2.24) is 8.01 Å². The van der Waals surface area contributed by atoms with Crippen molar-refractivity contribution in [3.8, 4) is 0 Å². The number of halogens is 1. The molecule has 1 amide bonds. The summed E-state index contributed by atoms with van der Waals surface area (Å²) in [5.41, 5.74) is 0. The molecule has 14 heavy (non-hydrogen) atoms. The molecule has 1 aliphatic heterocycles. The molecular formula is C10H15IN2O. The van der Waals surface area contributed by atoms with E-state index in [1.165, 1.54) is 18.9 Å². The lowest BCUT2D eigenvalue weighted by Gasteiger charge is -2.38. The normalized spacial score (nSPS) is 28.9. The van der Waals surface area contributed by atoms with Gasteiger partial charge in [0.05, 0.1) is 0 Å². The number of carbonyl (C=O) groups excluding carboxylic acids is 1. The zero-order valence-electron chi connectivity index (χ0n) is 8.16. The Morgan fingerprint density at radius 2 is 2.14 bits per heavy atom. The van der Waals surface area contributed by atoms with Gasteiger partial charge in [-0.25, -0.2) is 3.11 Å². The zero-order chi connectivity index (χ0) is 10.1. The fraction of sp³-hybridized carbons (Fsp3) is 0.700. The summed E-state index contributed by atoms with van der Waals surface area (Å²) in [6, 6.07) is 0.436. The molecule has 1 saturated heterocycles. The van der Waals surface area contributed by atoms with Gasteiger partial charge in [0.25, 0.3) is 0 Å². The van der Waals surface area contributed by atoms with Crippen LogP contribution in [0.4, 0.5) is 0 Å². The standard InChI is InChI=1S/C10H15IN2O/c1-2-10(14)13-6-5-12(11)7-9(13)8-3-4-8/h2,8-9H,1,3-7H2. The highest BCUT2D eigenvalue weighted by Gasteiger charge is 2.39. The van der Waals surface area contributed by atoms with Crippen molar-refractivity contribution in [2.45, 2.75) is 18.9 Å². The zero-order valence-corrected chi connectivity index (χ0v) is 10.3. The van der Waals surface area contributed by atoms with E-state index in [0.717, 1.165) is 25.6 Å². The van der Waals surface area contributed by atoms with Crippen LogP contribution in [-0.4, -0.2) is 39.6 Å². The van der Waals surface area contributed by atoms with Crippen LogP contribution in [0.3, 0.4) is 0 Å². The summed E-state index contributed by atoms with van der Waals surface area (Å²) >= 11 is 2.35. The maximum absolute atomic E-state index is 11.6. The molecule has 2 rings (SSSR count). The number of piperazine rings is 1. The molecule has 78 valence electrons. The smallest absolute Gasteiger partial charge is 0.246 e. The van der Waals surface area contributed by atoms with E-state index in [1.54, 1.807) is 0 Å². The highest BCUT2D eigenvalue weighted by atomic mass is 127. The van der Waals surface area contributed by atoms with Crippen molar-refractivity contribution in [2.75, 3.05) is 19.6 Å². The molecule has 0 N–H and O–H groups in total. The second kappa shape index (κ2) is 4.18. The van der Waals surface area contributed by atoms with Crippen LogP contribution in [0.25, 0.3) is 0 Å². The Balaban J connectivity index is 2.05. The van der Waals surface area contributed by atoms with Gasteiger partial charge in [-0.3, -0.25) is 4.79 Å². The highest BCUT2D eigenvalue weighted by molar-refractivity contribution is 14.1. The Kier molecular flexibility index (Phi) is 3.11. The largest absolute Gasteiger partial charge is 0.333 e. The molecule has 2 fully saturated rings. The second-order valence-corrected chi connectivity index (χ2v) is 5.37. The average molecular weight is 306 g/mol. The Labute approximate surface area is 98.6 Å². The molecule has 1 aliphatic carbocycles. The SMILES string of the molecule is C=CC(=O)N1CCN(I)CC1C1CC1. The third-order valence-electron chi connectivity index (χ3n) is 2.99. The van der Waals surface area contributed by atoms with Crippen LogP contribution in [0.1, 0.15) is 12.8 Å². The fourth-order valence-corrected chi connectivity index (χ4v) is 2.67. The Morgan fingerprint density at radius 1 is 1.43 bits per heavy atom. The predicted molar refractivity (Wildman–Crippen MR) is 64.0 cm³/mol. The van der Waals surface area contributed by atoms with Crippen LogP contribution in [0.5, 0.6) is 0 Å². The molecule has 1 unspecified atom stereocenters. The summed E-state index contributed by atoms with van der Waals surface area (Å²) < 4.78 is 2.29. The van der Waals surface area contributed by atoms with Crippen LogP contribution in [0, 0.1) is 5.92 Å². The summed E-state index contributed by atoms with van der Waals surface area (Å²) in [5, 5.41) is 0. The maximum Gasteiger partial charge on any atom is 0.246 e. The summed E-state index contributed by atoms with van der Waals surface area (Å²) in [6.07, 6.45) is 4.02. The van der Waals surface area contributed by atoms with Gasteiger partial charge in [-0.15, -0.1) is 0 Å². The van der Waals surface area contributed by atoms with Crippen molar-refractivity contribution in [2.24, 2.45) is 5.92 Å². The summed E-state index contributed by atoms with van der Waals surface area (Å²) in [7, 11) is 0. The molecule has 1 saturated carbocycles. The number of nitrogens with zero attached hydrogens (tertiary/aromatic N) is 2. The van der Waals surface area contributed by atoms with E-state index < -0.39 is 0 Å². The number of amides is 1. The van der Waals surface area contributed by atoms with Gasteiger partial charge in [0.15, 0.2) is 0 Å². The minimum Gasteiger partial charge on any atom is -0.333 e. The first-order valence-corrected chi connectivity index (χ1v) is 6.02. The molecular weight excluding hydrogens is 291 g/mol. The van der Waals surface area contributed by atoms with Crippen molar-refractivity contribution in [1.29, 1.82) is 0 Å². The molecule has 1 atom stereocenters. The van der Waals surface area contributed by atoms with Gasteiger partial charge < -0.3 is 4.90 Å². The van der Waals surface area contributed by atoms with Gasteiger partial charge in [-0.05, 0) is 24.8 Å². The van der Waals surface area contributed by atoms with E-state index in [0.29, 0.717) is 6.04 Å². The van der Waals surface area contributed by atoms with E-state index in [9.17, 15) is 4.79 Å². The number of hydrogen-bond donors (Lipinski definition) is 0. The minimum absolute atomic E-state index is 0.103. The van der Waals surface area contributed by atoms with Crippen molar-refractivity contribution in [3.05, 3.63) is 12.7 Å². The molecule has 0 aromatic carbocycles. The summed E-state index contributed by atoms with van der Waals surface area (Å²) in [6.45, 7) is 6.41. The van der Waals surface area contributed by atoms with Gasteiger partial charge in [0.1, 0.15) is 0 Å².